The zero-order valence-corrected chi connectivity index (χ0v) is 26.1. The molecule has 11 heteroatoms. The van der Waals surface area contributed by atoms with Gasteiger partial charge in [0.1, 0.15) is 5.75 Å². The minimum Gasteiger partial charge on any atom is -0.497 e. The topological polar surface area (TPSA) is 115 Å². The molecule has 3 aromatic carbocycles. The lowest BCUT2D eigenvalue weighted by Gasteiger charge is -2.33. The Kier molecular flexibility index (Phi) is 9.53. The Morgan fingerprint density at radius 2 is 1.76 bits per heavy atom. The number of benzene rings is 3. The molecule has 2 heterocycles. The lowest BCUT2D eigenvalue weighted by atomic mass is 9.90. The molecule has 0 aromatic heterocycles. The van der Waals surface area contributed by atoms with Crippen molar-refractivity contribution < 1.29 is 37.3 Å². The molecule has 1 fully saturated rings. The second-order valence-corrected chi connectivity index (χ2v) is 13.2. The van der Waals surface area contributed by atoms with Crippen LogP contribution in [0.2, 0.25) is 0 Å². The summed E-state index contributed by atoms with van der Waals surface area (Å²) in [6, 6.07) is 21.0. The third kappa shape index (κ3) is 6.78. The standard InChI is InChI=1S/C34H38N2O8S/c1-41-28-7-9-29(10-8-28)45(39,40)36(12-16-37)15-19-43-33-23-26(22-32(44-33)34(38)35-13-17-42-18-14-35)24-6-11-31-27(20-24)21-25-4-2-3-5-30(25)31/h2-11,20,22,26,33,37H,12-19,21,23H2,1H3/t26-,33+/m1/s1. The van der Waals surface area contributed by atoms with E-state index in [1.165, 1.54) is 45.8 Å². The van der Waals surface area contributed by atoms with Crippen LogP contribution in [-0.2, 0) is 35.4 Å². The molecule has 6 rings (SSSR count). The van der Waals surface area contributed by atoms with Gasteiger partial charge in [-0.2, -0.15) is 4.31 Å². The van der Waals surface area contributed by atoms with Crippen molar-refractivity contribution in [1.29, 1.82) is 0 Å². The summed E-state index contributed by atoms with van der Waals surface area (Å²) < 4.78 is 50.7. The maximum Gasteiger partial charge on any atom is 0.288 e. The Hall–Kier alpha value is -3.74. The molecule has 0 unspecified atom stereocenters. The van der Waals surface area contributed by atoms with Crippen LogP contribution in [-0.4, -0.2) is 94.6 Å². The highest BCUT2D eigenvalue weighted by Crippen LogP contribution is 2.40. The van der Waals surface area contributed by atoms with Crippen molar-refractivity contribution in [2.45, 2.75) is 29.9 Å². The predicted octanol–water partition coefficient (Wildman–Crippen LogP) is 3.54. The largest absolute Gasteiger partial charge is 0.497 e. The third-order valence-electron chi connectivity index (χ3n) is 8.50. The van der Waals surface area contributed by atoms with E-state index in [1.807, 2.05) is 6.08 Å². The van der Waals surface area contributed by atoms with Crippen molar-refractivity contribution in [3.05, 3.63) is 95.3 Å². The maximum absolute atomic E-state index is 13.5. The predicted molar refractivity (Wildman–Crippen MR) is 167 cm³/mol. The molecule has 1 amide bonds. The Balaban J connectivity index is 1.19. The van der Waals surface area contributed by atoms with Crippen molar-refractivity contribution >= 4 is 15.9 Å². The quantitative estimate of drug-likeness (QED) is 0.267. The van der Waals surface area contributed by atoms with Crippen LogP contribution >= 0.6 is 0 Å². The number of aliphatic hydroxyl groups is 1. The molecule has 1 aliphatic carbocycles. The summed E-state index contributed by atoms with van der Waals surface area (Å²) >= 11 is 0. The lowest BCUT2D eigenvalue weighted by molar-refractivity contribution is -0.155. The van der Waals surface area contributed by atoms with E-state index in [2.05, 4.69) is 42.5 Å². The average Bonchev–Trinajstić information content (AvgIpc) is 3.46. The van der Waals surface area contributed by atoms with Gasteiger partial charge in [-0.3, -0.25) is 4.79 Å². The van der Waals surface area contributed by atoms with Gasteiger partial charge in [-0.05, 0) is 64.6 Å². The summed E-state index contributed by atoms with van der Waals surface area (Å²) in [6.07, 6.45) is 2.42. The number of amides is 1. The number of nitrogens with zero attached hydrogens (tertiary/aromatic N) is 2. The van der Waals surface area contributed by atoms with Crippen LogP contribution in [0.5, 0.6) is 5.75 Å². The van der Waals surface area contributed by atoms with Crippen LogP contribution in [0.15, 0.2) is 83.5 Å². The number of morpholine rings is 1. The molecule has 10 nitrogen and oxygen atoms in total. The van der Waals surface area contributed by atoms with Gasteiger partial charge in [-0.15, -0.1) is 0 Å². The van der Waals surface area contributed by atoms with E-state index in [4.69, 9.17) is 18.9 Å². The monoisotopic (exact) mass is 634 g/mol. The summed E-state index contributed by atoms with van der Waals surface area (Å²) in [5, 5.41) is 9.63. The van der Waals surface area contributed by atoms with E-state index in [0.717, 1.165) is 12.0 Å². The van der Waals surface area contributed by atoms with Gasteiger partial charge in [0.05, 0.1) is 38.4 Å². The zero-order chi connectivity index (χ0) is 31.4. The molecule has 1 N–H and O–H groups in total. The van der Waals surface area contributed by atoms with Gasteiger partial charge in [0.2, 0.25) is 16.3 Å². The highest BCUT2D eigenvalue weighted by atomic mass is 32.2. The number of sulfonamides is 1. The maximum atomic E-state index is 13.5. The number of allylic oxidation sites excluding steroid dienone is 1. The summed E-state index contributed by atoms with van der Waals surface area (Å²) in [4.78, 5) is 15.3. The van der Waals surface area contributed by atoms with Crippen LogP contribution < -0.4 is 4.74 Å². The fraction of sp³-hybridized carbons (Fsp3) is 0.382. The average molecular weight is 635 g/mol. The number of methoxy groups -OCH3 is 1. The summed E-state index contributed by atoms with van der Waals surface area (Å²) in [7, 11) is -2.39. The van der Waals surface area contributed by atoms with E-state index >= 15 is 0 Å². The van der Waals surface area contributed by atoms with Crippen LogP contribution in [0.4, 0.5) is 0 Å². The smallest absolute Gasteiger partial charge is 0.288 e. The van der Waals surface area contributed by atoms with Gasteiger partial charge in [0.25, 0.3) is 5.91 Å². The molecule has 0 saturated carbocycles. The molecule has 45 heavy (non-hydrogen) atoms. The van der Waals surface area contributed by atoms with Crippen LogP contribution in [0, 0.1) is 0 Å². The number of hydrogen-bond acceptors (Lipinski definition) is 8. The van der Waals surface area contributed by atoms with Crippen molar-refractivity contribution in [1.82, 2.24) is 9.21 Å². The van der Waals surface area contributed by atoms with Crippen molar-refractivity contribution in [2.24, 2.45) is 0 Å². The van der Waals surface area contributed by atoms with Crippen LogP contribution in [0.3, 0.4) is 0 Å². The second kappa shape index (κ2) is 13.7. The molecule has 1 saturated heterocycles. The number of carbonyl (C=O) groups is 1. The van der Waals surface area contributed by atoms with Gasteiger partial charge >= 0.3 is 0 Å². The molecule has 2 aliphatic heterocycles. The Bertz CT molecular complexity index is 1650. The minimum atomic E-state index is -3.90. The van der Waals surface area contributed by atoms with Gasteiger partial charge < -0.3 is 29.0 Å². The number of fused-ring (bicyclic) bond motifs is 3. The minimum absolute atomic E-state index is 0.00525. The van der Waals surface area contributed by atoms with E-state index in [1.54, 1.807) is 17.0 Å². The first kappa shape index (κ1) is 31.3. The van der Waals surface area contributed by atoms with Crippen molar-refractivity contribution in [2.75, 3.05) is 59.7 Å². The molecule has 3 aromatic rings. The van der Waals surface area contributed by atoms with E-state index < -0.39 is 16.3 Å². The molecule has 0 radical (unpaired) electrons. The number of ether oxygens (including phenoxy) is 4. The first-order valence-corrected chi connectivity index (χ1v) is 16.6. The fourth-order valence-electron chi connectivity index (χ4n) is 6.11. The lowest BCUT2D eigenvalue weighted by Crippen LogP contribution is -2.43. The zero-order valence-electron chi connectivity index (χ0n) is 25.3. The van der Waals surface area contributed by atoms with Crippen LogP contribution in [0.1, 0.15) is 29.0 Å². The third-order valence-corrected chi connectivity index (χ3v) is 10.4. The van der Waals surface area contributed by atoms with E-state index in [-0.39, 0.29) is 48.8 Å². The molecule has 0 spiro atoms. The number of hydrogen-bond donors (Lipinski definition) is 1. The fourth-order valence-corrected chi connectivity index (χ4v) is 7.52. The molecule has 0 bridgehead atoms. The summed E-state index contributed by atoms with van der Waals surface area (Å²) in [5.41, 5.74) is 6.09. The second-order valence-electron chi connectivity index (χ2n) is 11.2. The van der Waals surface area contributed by atoms with Gasteiger partial charge in [-0.25, -0.2) is 8.42 Å². The highest BCUT2D eigenvalue weighted by Gasteiger charge is 2.33. The van der Waals surface area contributed by atoms with Crippen LogP contribution in [0.25, 0.3) is 11.1 Å². The van der Waals surface area contributed by atoms with E-state index in [0.29, 0.717) is 38.5 Å². The Morgan fingerprint density at radius 1 is 1.00 bits per heavy atom. The highest BCUT2D eigenvalue weighted by molar-refractivity contribution is 7.89. The first-order valence-electron chi connectivity index (χ1n) is 15.2. The summed E-state index contributed by atoms with van der Waals surface area (Å²) in [6.45, 7) is 1.45. The molecular formula is C34H38N2O8S. The number of aliphatic hydroxyl groups excluding tert-OH is 1. The first-order chi connectivity index (χ1) is 21.9. The Morgan fingerprint density at radius 3 is 2.51 bits per heavy atom. The van der Waals surface area contributed by atoms with Crippen molar-refractivity contribution in [3.63, 3.8) is 0 Å². The SMILES string of the molecule is COc1ccc(S(=O)(=O)N(CCO)CCO[C@@H]2C[C@H](c3ccc4c(c3)Cc3ccccc3-4)C=C(C(=O)N3CCOCC3)O2)cc1. The molecule has 238 valence electrons. The summed E-state index contributed by atoms with van der Waals surface area (Å²) in [5.74, 6) is 0.405. The van der Waals surface area contributed by atoms with Gasteiger partial charge in [0, 0.05) is 38.5 Å². The Labute approximate surface area is 263 Å². The van der Waals surface area contributed by atoms with Gasteiger partial charge in [0.15, 0.2) is 5.76 Å². The number of carbonyl (C=O) groups excluding carboxylic acids is 1. The van der Waals surface area contributed by atoms with E-state index in [9.17, 15) is 18.3 Å². The molecule has 2 atom stereocenters. The normalized spacial score (nSPS) is 19.4. The number of rotatable bonds is 11. The van der Waals surface area contributed by atoms with Crippen molar-refractivity contribution in [3.8, 4) is 16.9 Å². The van der Waals surface area contributed by atoms with Gasteiger partial charge in [-0.1, -0.05) is 42.5 Å². The molecule has 3 aliphatic rings. The molecular weight excluding hydrogens is 596 g/mol.